The molecular weight excluding hydrogens is 598 g/mol. The van der Waals surface area contributed by atoms with Crippen LogP contribution < -0.4 is 10.5 Å². The Morgan fingerprint density at radius 1 is 0.935 bits per heavy atom. The summed E-state index contributed by atoms with van der Waals surface area (Å²) in [5.41, 5.74) is 10.4. The number of hydrogen-bond acceptors (Lipinski definition) is 8. The van der Waals surface area contributed by atoms with Crippen molar-refractivity contribution in [3.63, 3.8) is 0 Å². The second kappa shape index (κ2) is 12.7. The van der Waals surface area contributed by atoms with Crippen LogP contribution in [-0.2, 0) is 35.3 Å². The van der Waals surface area contributed by atoms with Gasteiger partial charge in [-0.15, -0.1) is 10.2 Å². The van der Waals surface area contributed by atoms with Crippen molar-refractivity contribution in [1.82, 2.24) is 24.6 Å². The average Bonchev–Trinajstić information content (AvgIpc) is 3.66. The Labute approximate surface area is 268 Å². The molecule has 0 bridgehead atoms. The zero-order valence-electron chi connectivity index (χ0n) is 25.8. The topological polar surface area (TPSA) is 132 Å². The Hall–Kier alpha value is -4.58. The number of likely N-dealkylation sites (tertiary alicyclic amines) is 1. The van der Waals surface area contributed by atoms with E-state index in [1.165, 1.54) is 0 Å². The second-order valence-electron chi connectivity index (χ2n) is 12.2. The summed E-state index contributed by atoms with van der Waals surface area (Å²) in [5.74, 6) is 1.46. The van der Waals surface area contributed by atoms with E-state index in [9.17, 15) is 8.42 Å². The molecule has 0 unspecified atom stereocenters. The van der Waals surface area contributed by atoms with Gasteiger partial charge in [0, 0.05) is 24.0 Å². The van der Waals surface area contributed by atoms with Crippen LogP contribution >= 0.6 is 0 Å². The number of nitrogens with zero attached hydrogens (tertiary/aromatic N) is 5. The zero-order valence-corrected chi connectivity index (χ0v) is 26.6. The standard InChI is InChI=1S/C35H37N7O3S/c1-41-15-13-24(14-16-41)17-33-38-39-35(45-33)32-20-27-11-12-29(21-36)37-34(27)42(32)22-28-19-30(18-26-9-5-6-10-31(26)28)40-46(43,44)23-25-7-3-2-4-8-25/h2-12,18-20,24,40H,13-17,21-23,36H2,1H3. The number of aromatic nitrogens is 4. The van der Waals surface area contributed by atoms with Gasteiger partial charge in [0.05, 0.1) is 18.0 Å². The van der Waals surface area contributed by atoms with Crippen LogP contribution in [0.15, 0.2) is 89.3 Å². The van der Waals surface area contributed by atoms with Gasteiger partial charge in [0.15, 0.2) is 0 Å². The van der Waals surface area contributed by atoms with E-state index in [1.807, 2.05) is 84.9 Å². The summed E-state index contributed by atoms with van der Waals surface area (Å²) in [7, 11) is -1.51. The molecule has 0 saturated carbocycles. The lowest BCUT2D eigenvalue weighted by atomic mass is 9.94. The molecule has 4 heterocycles. The summed E-state index contributed by atoms with van der Waals surface area (Å²) in [6, 6.07) is 26.8. The van der Waals surface area contributed by atoms with Crippen LogP contribution in [0.1, 0.15) is 35.6 Å². The van der Waals surface area contributed by atoms with Crippen molar-refractivity contribution in [2.24, 2.45) is 11.7 Å². The van der Waals surface area contributed by atoms with E-state index in [0.29, 0.717) is 36.5 Å². The predicted molar refractivity (Wildman–Crippen MR) is 181 cm³/mol. The summed E-state index contributed by atoms with van der Waals surface area (Å²) in [6.45, 7) is 2.84. The molecule has 10 nitrogen and oxygen atoms in total. The maximum Gasteiger partial charge on any atom is 0.264 e. The molecule has 3 aromatic heterocycles. The lowest BCUT2D eigenvalue weighted by molar-refractivity contribution is 0.212. The van der Waals surface area contributed by atoms with Crippen molar-refractivity contribution in [3.05, 3.63) is 108 Å². The van der Waals surface area contributed by atoms with Gasteiger partial charge >= 0.3 is 0 Å². The first-order chi connectivity index (χ1) is 22.3. The minimum atomic E-state index is -3.66. The number of anilines is 1. The maximum atomic E-state index is 13.2. The van der Waals surface area contributed by atoms with Crippen LogP contribution in [0.2, 0.25) is 0 Å². The lowest BCUT2D eigenvalue weighted by Crippen LogP contribution is -2.30. The summed E-state index contributed by atoms with van der Waals surface area (Å²) in [5, 5.41) is 11.8. The van der Waals surface area contributed by atoms with Crippen LogP contribution in [0, 0.1) is 5.92 Å². The molecule has 3 aromatic carbocycles. The van der Waals surface area contributed by atoms with E-state index in [4.69, 9.17) is 15.1 Å². The van der Waals surface area contributed by atoms with Crippen molar-refractivity contribution in [3.8, 4) is 11.6 Å². The Balaban J connectivity index is 1.26. The molecule has 11 heteroatoms. The van der Waals surface area contributed by atoms with Gasteiger partial charge in [-0.25, -0.2) is 13.4 Å². The van der Waals surface area contributed by atoms with Crippen LogP contribution in [0.25, 0.3) is 33.4 Å². The Morgan fingerprint density at radius 2 is 1.72 bits per heavy atom. The van der Waals surface area contributed by atoms with E-state index >= 15 is 0 Å². The number of nitrogens with one attached hydrogen (secondary N) is 1. The molecule has 6 aromatic rings. The molecular formula is C35H37N7O3S. The van der Waals surface area contributed by atoms with Gasteiger partial charge in [0.1, 0.15) is 11.3 Å². The fourth-order valence-corrected chi connectivity index (χ4v) is 7.51. The SMILES string of the molecule is CN1CCC(Cc2nnc(-c3cc4ccc(CN)nc4n3Cc3cc(NS(=O)(=O)Cc4ccccc4)cc4ccccc34)o2)CC1. The molecule has 0 aliphatic carbocycles. The highest BCUT2D eigenvalue weighted by molar-refractivity contribution is 7.91. The van der Waals surface area contributed by atoms with Gasteiger partial charge in [-0.2, -0.15) is 0 Å². The molecule has 1 saturated heterocycles. The number of sulfonamides is 1. The van der Waals surface area contributed by atoms with Crippen LogP contribution in [0.3, 0.4) is 0 Å². The first kappa shape index (κ1) is 30.1. The van der Waals surface area contributed by atoms with Gasteiger partial charge in [0.2, 0.25) is 15.9 Å². The van der Waals surface area contributed by atoms with Crippen molar-refractivity contribution < 1.29 is 12.8 Å². The van der Waals surface area contributed by atoms with Crippen LogP contribution in [-0.4, -0.2) is 53.2 Å². The fraction of sp³-hybridized carbons (Fsp3) is 0.286. The van der Waals surface area contributed by atoms with Gasteiger partial charge in [-0.05, 0) is 91.1 Å². The number of rotatable bonds is 10. The largest absolute Gasteiger partial charge is 0.419 e. The first-order valence-corrected chi connectivity index (χ1v) is 17.3. The molecule has 0 atom stereocenters. The highest BCUT2D eigenvalue weighted by atomic mass is 32.2. The molecule has 3 N–H and O–H groups in total. The number of fused-ring (bicyclic) bond motifs is 2. The van der Waals surface area contributed by atoms with E-state index in [0.717, 1.165) is 76.7 Å². The van der Waals surface area contributed by atoms with Crippen molar-refractivity contribution in [2.45, 2.75) is 38.1 Å². The molecule has 7 rings (SSSR count). The Kier molecular flexibility index (Phi) is 8.29. The van der Waals surface area contributed by atoms with E-state index in [2.05, 4.69) is 31.4 Å². The molecule has 1 aliphatic rings. The molecule has 0 amide bonds. The third-order valence-corrected chi connectivity index (χ3v) is 10.0. The predicted octanol–water partition coefficient (Wildman–Crippen LogP) is 5.57. The number of benzene rings is 3. The Morgan fingerprint density at radius 3 is 2.52 bits per heavy atom. The zero-order chi connectivity index (χ0) is 31.7. The molecule has 1 fully saturated rings. The van der Waals surface area contributed by atoms with E-state index in [1.54, 1.807) is 0 Å². The number of piperidine rings is 1. The normalized spacial score (nSPS) is 14.7. The molecule has 46 heavy (non-hydrogen) atoms. The van der Waals surface area contributed by atoms with Gasteiger partial charge in [-0.1, -0.05) is 54.6 Å². The van der Waals surface area contributed by atoms with E-state index in [-0.39, 0.29) is 5.75 Å². The third kappa shape index (κ3) is 6.53. The summed E-state index contributed by atoms with van der Waals surface area (Å²) < 4.78 is 37.6. The lowest BCUT2D eigenvalue weighted by Gasteiger charge is -2.27. The second-order valence-corrected chi connectivity index (χ2v) is 13.9. The highest BCUT2D eigenvalue weighted by Gasteiger charge is 2.23. The van der Waals surface area contributed by atoms with Crippen molar-refractivity contribution >= 4 is 37.5 Å². The van der Waals surface area contributed by atoms with Crippen molar-refractivity contribution in [1.29, 1.82) is 0 Å². The van der Waals surface area contributed by atoms with Crippen LogP contribution in [0.4, 0.5) is 5.69 Å². The Bertz CT molecular complexity index is 2100. The van der Waals surface area contributed by atoms with Crippen molar-refractivity contribution in [2.75, 3.05) is 24.9 Å². The third-order valence-electron chi connectivity index (χ3n) is 8.75. The molecule has 0 spiro atoms. The van der Waals surface area contributed by atoms with Gasteiger partial charge in [-0.3, -0.25) is 4.72 Å². The van der Waals surface area contributed by atoms with Gasteiger partial charge in [0.25, 0.3) is 5.89 Å². The smallest absolute Gasteiger partial charge is 0.264 e. The minimum Gasteiger partial charge on any atom is -0.419 e. The maximum absolute atomic E-state index is 13.2. The summed E-state index contributed by atoms with van der Waals surface area (Å²) >= 11 is 0. The number of nitrogens with two attached hydrogens (primary N) is 1. The first-order valence-electron chi connectivity index (χ1n) is 15.6. The number of hydrogen-bond donors (Lipinski definition) is 2. The average molecular weight is 636 g/mol. The molecule has 1 aliphatic heterocycles. The molecule has 236 valence electrons. The fourth-order valence-electron chi connectivity index (χ4n) is 6.33. The quantitative estimate of drug-likeness (QED) is 0.200. The minimum absolute atomic E-state index is 0.120. The summed E-state index contributed by atoms with van der Waals surface area (Å²) in [6.07, 6.45) is 2.98. The van der Waals surface area contributed by atoms with E-state index < -0.39 is 10.0 Å². The van der Waals surface area contributed by atoms with Gasteiger partial charge < -0.3 is 19.6 Å². The molecule has 0 radical (unpaired) electrons. The highest BCUT2D eigenvalue weighted by Crippen LogP contribution is 2.32. The van der Waals surface area contributed by atoms with Crippen LogP contribution in [0.5, 0.6) is 0 Å². The number of pyridine rings is 1. The summed E-state index contributed by atoms with van der Waals surface area (Å²) in [4.78, 5) is 7.24. The monoisotopic (exact) mass is 635 g/mol.